The predicted molar refractivity (Wildman–Crippen MR) is 75.7 cm³/mol. The highest BCUT2D eigenvalue weighted by Gasteiger charge is 2.33. The summed E-state index contributed by atoms with van der Waals surface area (Å²) in [6, 6.07) is 6.06. The largest absolute Gasteiger partial charge is 0.328 e. The molecule has 0 spiro atoms. The number of carbonyl (C=O) groups excluding carboxylic acids is 1. The van der Waals surface area contributed by atoms with Crippen molar-refractivity contribution in [2.45, 2.75) is 36.6 Å². The molecular formula is C13H19N3OS. The first-order valence-corrected chi connectivity index (χ1v) is 6.99. The van der Waals surface area contributed by atoms with Crippen molar-refractivity contribution >= 4 is 23.4 Å². The Bertz CT molecular complexity index is 464. The summed E-state index contributed by atoms with van der Waals surface area (Å²) in [7, 11) is 0. The smallest absolute Gasteiger partial charge is 0.240 e. The van der Waals surface area contributed by atoms with Gasteiger partial charge in [0.25, 0.3) is 0 Å². The van der Waals surface area contributed by atoms with Gasteiger partial charge in [0.15, 0.2) is 0 Å². The van der Waals surface area contributed by atoms with Crippen molar-refractivity contribution in [3.63, 3.8) is 0 Å². The lowest BCUT2D eigenvalue weighted by Crippen LogP contribution is -2.48. The summed E-state index contributed by atoms with van der Waals surface area (Å²) in [5, 5.41) is -0.0600. The molecule has 2 rings (SSSR count). The van der Waals surface area contributed by atoms with Gasteiger partial charge in [0.2, 0.25) is 5.91 Å². The first-order valence-electron chi connectivity index (χ1n) is 6.11. The third-order valence-corrected chi connectivity index (χ3v) is 4.34. The Morgan fingerprint density at radius 3 is 2.78 bits per heavy atom. The number of anilines is 1. The minimum Gasteiger partial charge on any atom is -0.328 e. The van der Waals surface area contributed by atoms with Crippen molar-refractivity contribution in [3.8, 4) is 0 Å². The van der Waals surface area contributed by atoms with E-state index in [-0.39, 0.29) is 17.2 Å². The lowest BCUT2D eigenvalue weighted by Gasteiger charge is -2.36. The molecule has 0 bridgehead atoms. The molecule has 2 unspecified atom stereocenters. The Morgan fingerprint density at radius 1 is 1.44 bits per heavy atom. The number of hydrogen-bond donors (Lipinski definition) is 2. The van der Waals surface area contributed by atoms with E-state index >= 15 is 0 Å². The summed E-state index contributed by atoms with van der Waals surface area (Å²) in [6.07, 6.45) is 0. The van der Waals surface area contributed by atoms with E-state index < -0.39 is 0 Å². The third-order valence-electron chi connectivity index (χ3n) is 3.19. The molecule has 0 fully saturated rings. The summed E-state index contributed by atoms with van der Waals surface area (Å²) in [6.45, 7) is 4.84. The summed E-state index contributed by atoms with van der Waals surface area (Å²) in [4.78, 5) is 15.2. The maximum absolute atomic E-state index is 12.3. The van der Waals surface area contributed by atoms with Crippen LogP contribution in [0.1, 0.15) is 19.4 Å². The maximum atomic E-state index is 12.3. The lowest BCUT2D eigenvalue weighted by atomic mass is 10.1. The van der Waals surface area contributed by atoms with Crippen molar-refractivity contribution in [3.05, 3.63) is 23.8 Å². The second-order valence-electron chi connectivity index (χ2n) is 4.56. The Morgan fingerprint density at radius 2 is 2.17 bits per heavy atom. The van der Waals surface area contributed by atoms with Gasteiger partial charge in [-0.1, -0.05) is 6.07 Å². The Hall–Kier alpha value is -1.04. The van der Waals surface area contributed by atoms with Gasteiger partial charge in [-0.3, -0.25) is 4.79 Å². The number of hydrogen-bond acceptors (Lipinski definition) is 4. The number of thioether (sulfide) groups is 1. The van der Waals surface area contributed by atoms with E-state index in [2.05, 4.69) is 0 Å². The summed E-state index contributed by atoms with van der Waals surface area (Å²) in [5.74, 6) is 0.125. The van der Waals surface area contributed by atoms with Gasteiger partial charge >= 0.3 is 0 Å². The molecule has 98 valence electrons. The van der Waals surface area contributed by atoms with Crippen molar-refractivity contribution in [1.29, 1.82) is 0 Å². The normalized spacial score (nSPS) is 20.8. The highest BCUT2D eigenvalue weighted by atomic mass is 32.2. The molecule has 1 aliphatic heterocycles. The molecule has 2 atom stereocenters. The molecule has 0 aliphatic carbocycles. The number of amides is 1. The Labute approximate surface area is 112 Å². The zero-order valence-corrected chi connectivity index (χ0v) is 11.5. The van der Waals surface area contributed by atoms with Gasteiger partial charge < -0.3 is 16.4 Å². The highest BCUT2D eigenvalue weighted by Crippen LogP contribution is 2.40. The molecule has 1 amide bonds. The number of benzene rings is 1. The van der Waals surface area contributed by atoms with Crippen LogP contribution < -0.4 is 16.4 Å². The average Bonchev–Trinajstić information content (AvgIpc) is 2.39. The third kappa shape index (κ3) is 2.25. The van der Waals surface area contributed by atoms with E-state index in [0.29, 0.717) is 13.1 Å². The van der Waals surface area contributed by atoms with Gasteiger partial charge in [-0.05, 0) is 31.5 Å². The monoisotopic (exact) mass is 265 g/mol. The van der Waals surface area contributed by atoms with Crippen LogP contribution in [0.4, 0.5) is 5.69 Å². The number of rotatable bonds is 3. The van der Waals surface area contributed by atoms with E-state index in [9.17, 15) is 4.79 Å². The molecule has 0 saturated heterocycles. The molecule has 0 saturated carbocycles. The second-order valence-corrected chi connectivity index (χ2v) is 5.94. The van der Waals surface area contributed by atoms with Crippen LogP contribution in [0, 0.1) is 0 Å². The number of nitrogens with zero attached hydrogens (tertiary/aromatic N) is 1. The molecule has 0 radical (unpaired) electrons. The van der Waals surface area contributed by atoms with Gasteiger partial charge in [0.1, 0.15) is 0 Å². The van der Waals surface area contributed by atoms with Crippen LogP contribution in [-0.4, -0.2) is 23.7 Å². The Balaban J connectivity index is 2.49. The van der Waals surface area contributed by atoms with Crippen LogP contribution >= 0.6 is 11.8 Å². The van der Waals surface area contributed by atoms with Gasteiger partial charge in [-0.2, -0.15) is 0 Å². The zero-order valence-electron chi connectivity index (χ0n) is 10.7. The molecule has 1 aliphatic rings. The summed E-state index contributed by atoms with van der Waals surface area (Å²) >= 11 is 1.60. The van der Waals surface area contributed by atoms with E-state index in [4.69, 9.17) is 11.5 Å². The predicted octanol–water partition coefficient (Wildman–Crippen LogP) is 1.32. The van der Waals surface area contributed by atoms with Crippen LogP contribution in [0.3, 0.4) is 0 Å². The average molecular weight is 265 g/mol. The molecule has 1 heterocycles. The first kappa shape index (κ1) is 13.4. The standard InChI is InChI=1S/C13H19N3OS/c1-8(6-14)16-11-5-10(7-15)3-4-12(11)18-9(2)13(16)17/h3-5,8-9H,6-7,14-15H2,1-2H3. The van der Waals surface area contributed by atoms with Gasteiger partial charge in [0.05, 0.1) is 10.9 Å². The molecule has 4 N–H and O–H groups in total. The van der Waals surface area contributed by atoms with Crippen molar-refractivity contribution in [1.82, 2.24) is 0 Å². The first-order chi connectivity index (χ1) is 8.58. The lowest BCUT2D eigenvalue weighted by molar-refractivity contribution is -0.118. The minimum absolute atomic E-state index is 0.00706. The number of carbonyl (C=O) groups is 1. The van der Waals surface area contributed by atoms with E-state index in [1.165, 1.54) is 0 Å². The highest BCUT2D eigenvalue weighted by molar-refractivity contribution is 8.00. The van der Waals surface area contributed by atoms with Crippen molar-refractivity contribution in [2.75, 3.05) is 11.4 Å². The van der Waals surface area contributed by atoms with Crippen molar-refractivity contribution < 1.29 is 4.79 Å². The topological polar surface area (TPSA) is 72.3 Å². The molecule has 18 heavy (non-hydrogen) atoms. The van der Waals surface area contributed by atoms with Crippen LogP contribution in [-0.2, 0) is 11.3 Å². The fourth-order valence-corrected chi connectivity index (χ4v) is 3.11. The van der Waals surface area contributed by atoms with Crippen LogP contribution in [0.5, 0.6) is 0 Å². The summed E-state index contributed by atoms with van der Waals surface area (Å²) in [5.41, 5.74) is 13.4. The van der Waals surface area contributed by atoms with Gasteiger partial charge in [0, 0.05) is 24.0 Å². The number of nitrogens with two attached hydrogens (primary N) is 2. The van der Waals surface area contributed by atoms with Crippen LogP contribution in [0.15, 0.2) is 23.1 Å². The van der Waals surface area contributed by atoms with Crippen LogP contribution in [0.25, 0.3) is 0 Å². The van der Waals surface area contributed by atoms with Gasteiger partial charge in [-0.25, -0.2) is 0 Å². The molecule has 4 nitrogen and oxygen atoms in total. The molecular weight excluding hydrogens is 246 g/mol. The summed E-state index contributed by atoms with van der Waals surface area (Å²) < 4.78 is 0. The quantitative estimate of drug-likeness (QED) is 0.864. The molecule has 1 aromatic carbocycles. The van der Waals surface area contributed by atoms with Gasteiger partial charge in [-0.15, -0.1) is 11.8 Å². The molecule has 0 aromatic heterocycles. The maximum Gasteiger partial charge on any atom is 0.240 e. The molecule has 1 aromatic rings. The second kappa shape index (κ2) is 5.30. The van der Waals surface area contributed by atoms with E-state index in [0.717, 1.165) is 16.1 Å². The fraction of sp³-hybridized carbons (Fsp3) is 0.462. The number of fused-ring (bicyclic) bond motifs is 1. The SMILES string of the molecule is CC1Sc2ccc(CN)cc2N(C(C)CN)C1=O. The minimum atomic E-state index is -0.0600. The van der Waals surface area contributed by atoms with E-state index in [1.807, 2.05) is 36.9 Å². The van der Waals surface area contributed by atoms with Crippen molar-refractivity contribution in [2.24, 2.45) is 11.5 Å². The Kier molecular flexibility index (Phi) is 3.94. The van der Waals surface area contributed by atoms with E-state index in [1.54, 1.807) is 11.8 Å². The molecule has 5 heteroatoms. The zero-order chi connectivity index (χ0) is 13.3. The fourth-order valence-electron chi connectivity index (χ4n) is 2.09. The van der Waals surface area contributed by atoms with Crippen LogP contribution in [0.2, 0.25) is 0 Å².